The molecule has 0 radical (unpaired) electrons. The van der Waals surface area contributed by atoms with Crippen LogP contribution in [0, 0.1) is 6.92 Å². The SMILES string of the molecule is COc1cc(Cl)ccc1CC[S+]([O-])Nc1cc(C)ccc1S(N)(=O)=O. The number of hydrogen-bond acceptors (Lipinski definition) is 5. The van der Waals surface area contributed by atoms with Crippen molar-refractivity contribution in [1.82, 2.24) is 0 Å². The van der Waals surface area contributed by atoms with Crippen LogP contribution in [0.25, 0.3) is 0 Å². The van der Waals surface area contributed by atoms with Crippen molar-refractivity contribution in [2.45, 2.75) is 18.2 Å². The minimum Gasteiger partial charge on any atom is -0.593 e. The fraction of sp³-hybridized carbons (Fsp3) is 0.250. The topological polar surface area (TPSA) is 104 Å². The van der Waals surface area contributed by atoms with E-state index in [0.717, 1.165) is 11.1 Å². The molecule has 2 aromatic carbocycles. The third-order valence-electron chi connectivity index (χ3n) is 3.47. The summed E-state index contributed by atoms with van der Waals surface area (Å²) in [5.74, 6) is 0.876. The Bertz CT molecular complexity index is 859. The van der Waals surface area contributed by atoms with E-state index in [1.54, 1.807) is 37.3 Å². The number of primary sulfonamides is 1. The molecule has 25 heavy (non-hydrogen) atoms. The molecule has 0 aliphatic carbocycles. The number of rotatable bonds is 7. The summed E-state index contributed by atoms with van der Waals surface area (Å²) in [5, 5.41) is 5.76. The number of nitrogens with two attached hydrogens (primary N) is 1. The number of benzene rings is 2. The van der Waals surface area contributed by atoms with Crippen molar-refractivity contribution in [2.75, 3.05) is 17.6 Å². The monoisotopic (exact) mass is 402 g/mol. The van der Waals surface area contributed by atoms with Crippen molar-refractivity contribution in [2.24, 2.45) is 5.14 Å². The molecule has 0 aromatic heterocycles. The Morgan fingerprint density at radius 1 is 1.28 bits per heavy atom. The van der Waals surface area contributed by atoms with E-state index in [9.17, 15) is 13.0 Å². The summed E-state index contributed by atoms with van der Waals surface area (Å²) in [5.41, 5.74) is 1.91. The molecule has 2 rings (SSSR count). The zero-order valence-corrected chi connectivity index (χ0v) is 16.2. The first kappa shape index (κ1) is 19.9. The first-order chi connectivity index (χ1) is 11.7. The highest BCUT2D eigenvalue weighted by molar-refractivity contribution is 7.93. The summed E-state index contributed by atoms with van der Waals surface area (Å²) in [4.78, 5) is -0.0875. The molecule has 0 spiro atoms. The van der Waals surface area contributed by atoms with Gasteiger partial charge in [0, 0.05) is 11.4 Å². The van der Waals surface area contributed by atoms with E-state index in [0.29, 0.717) is 17.2 Å². The maximum atomic E-state index is 12.3. The van der Waals surface area contributed by atoms with E-state index >= 15 is 0 Å². The fourth-order valence-electron chi connectivity index (χ4n) is 2.27. The molecule has 6 nitrogen and oxygen atoms in total. The Morgan fingerprint density at radius 3 is 2.64 bits per heavy atom. The Hall–Kier alpha value is -1.45. The zero-order chi connectivity index (χ0) is 18.6. The van der Waals surface area contributed by atoms with Gasteiger partial charge in [-0.1, -0.05) is 23.7 Å². The molecule has 1 atom stereocenters. The van der Waals surface area contributed by atoms with Gasteiger partial charge in [0.1, 0.15) is 22.1 Å². The number of anilines is 1. The van der Waals surface area contributed by atoms with Crippen molar-refractivity contribution in [3.8, 4) is 5.75 Å². The van der Waals surface area contributed by atoms with Gasteiger partial charge < -0.3 is 9.29 Å². The van der Waals surface area contributed by atoms with Crippen LogP contribution < -0.4 is 14.6 Å². The second-order valence-electron chi connectivity index (χ2n) is 5.40. The predicted molar refractivity (Wildman–Crippen MR) is 101 cm³/mol. The summed E-state index contributed by atoms with van der Waals surface area (Å²) < 4.78 is 43.6. The van der Waals surface area contributed by atoms with Gasteiger partial charge in [-0.15, -0.1) is 0 Å². The Labute approximate surface area is 155 Å². The van der Waals surface area contributed by atoms with E-state index in [4.69, 9.17) is 21.5 Å². The lowest BCUT2D eigenvalue weighted by Gasteiger charge is -2.15. The van der Waals surface area contributed by atoms with Crippen LogP contribution in [-0.2, 0) is 27.8 Å². The van der Waals surface area contributed by atoms with Crippen LogP contribution in [0.4, 0.5) is 5.69 Å². The van der Waals surface area contributed by atoms with Gasteiger partial charge >= 0.3 is 0 Å². The van der Waals surface area contributed by atoms with Gasteiger partial charge in [-0.05, 0) is 42.3 Å². The lowest BCUT2D eigenvalue weighted by atomic mass is 10.1. The second-order valence-corrected chi connectivity index (χ2v) is 8.67. The maximum Gasteiger partial charge on any atom is 0.240 e. The number of sulfonamides is 1. The van der Waals surface area contributed by atoms with E-state index < -0.39 is 21.4 Å². The highest BCUT2D eigenvalue weighted by atomic mass is 35.5. The highest BCUT2D eigenvalue weighted by Gasteiger charge is 2.18. The largest absolute Gasteiger partial charge is 0.593 e. The van der Waals surface area contributed by atoms with E-state index in [1.165, 1.54) is 13.2 Å². The molecule has 0 fully saturated rings. The van der Waals surface area contributed by atoms with Crippen LogP contribution in [0.15, 0.2) is 41.3 Å². The minimum absolute atomic E-state index is 0.0875. The van der Waals surface area contributed by atoms with Crippen LogP contribution in [0.3, 0.4) is 0 Å². The van der Waals surface area contributed by atoms with Crippen molar-refractivity contribution in [3.05, 3.63) is 52.5 Å². The summed E-state index contributed by atoms with van der Waals surface area (Å²) in [6.07, 6.45) is 0.469. The molecule has 1 unspecified atom stereocenters. The molecule has 0 bridgehead atoms. The molecule has 0 aliphatic rings. The molecule has 3 N–H and O–H groups in total. The molecular formula is C16H19ClN2O4S2. The molecule has 0 heterocycles. The molecule has 2 aromatic rings. The van der Waals surface area contributed by atoms with Crippen molar-refractivity contribution in [1.29, 1.82) is 0 Å². The van der Waals surface area contributed by atoms with Crippen LogP contribution >= 0.6 is 11.6 Å². The van der Waals surface area contributed by atoms with Gasteiger partial charge in [-0.2, -0.15) is 0 Å². The van der Waals surface area contributed by atoms with Crippen LogP contribution in [0.1, 0.15) is 11.1 Å². The summed E-state index contributed by atoms with van der Waals surface area (Å²) in [7, 11) is -2.37. The Morgan fingerprint density at radius 2 is 2.00 bits per heavy atom. The van der Waals surface area contributed by atoms with Gasteiger partial charge in [0.2, 0.25) is 10.0 Å². The zero-order valence-electron chi connectivity index (χ0n) is 13.8. The molecular weight excluding hydrogens is 384 g/mol. The number of hydrogen-bond donors (Lipinski definition) is 2. The Balaban J connectivity index is 2.11. The lowest BCUT2D eigenvalue weighted by Crippen LogP contribution is -2.21. The number of methoxy groups -OCH3 is 1. The van der Waals surface area contributed by atoms with Crippen LogP contribution in [-0.4, -0.2) is 25.8 Å². The smallest absolute Gasteiger partial charge is 0.240 e. The number of aryl methyl sites for hydroxylation is 2. The fourth-order valence-corrected chi connectivity index (χ4v) is 4.10. The average Bonchev–Trinajstić information content (AvgIpc) is 2.52. The summed E-state index contributed by atoms with van der Waals surface area (Å²) in [6, 6.07) is 9.85. The second kappa shape index (κ2) is 8.29. The van der Waals surface area contributed by atoms with Gasteiger partial charge in [0.05, 0.1) is 18.5 Å². The van der Waals surface area contributed by atoms with Gasteiger partial charge in [0.15, 0.2) is 0 Å². The predicted octanol–water partition coefficient (Wildman–Crippen LogP) is 2.62. The molecule has 0 saturated heterocycles. The van der Waals surface area contributed by atoms with Crippen LogP contribution in [0.5, 0.6) is 5.75 Å². The molecule has 0 amide bonds. The first-order valence-corrected chi connectivity index (χ1v) is 10.6. The number of halogens is 1. The van der Waals surface area contributed by atoms with Gasteiger partial charge in [-0.3, -0.25) is 0 Å². The van der Waals surface area contributed by atoms with Crippen molar-refractivity contribution < 1.29 is 17.7 Å². The van der Waals surface area contributed by atoms with E-state index in [2.05, 4.69) is 4.72 Å². The summed E-state index contributed by atoms with van der Waals surface area (Å²) >= 11 is 4.42. The minimum atomic E-state index is -3.91. The third-order valence-corrected chi connectivity index (χ3v) is 5.70. The molecule has 136 valence electrons. The molecule has 9 heteroatoms. The highest BCUT2D eigenvalue weighted by Crippen LogP contribution is 2.25. The Kier molecular flexibility index (Phi) is 6.59. The average molecular weight is 403 g/mol. The standard InChI is InChI=1S/C16H19ClN2O4S2/c1-11-3-6-16(25(18,21)22)14(9-11)19-24(20)8-7-12-4-5-13(17)10-15(12)23-2/h3-6,9-10,19H,7-8H2,1-2H3,(H2,18,21,22). The summed E-state index contributed by atoms with van der Waals surface area (Å²) in [6.45, 7) is 1.81. The number of ether oxygens (including phenoxy) is 1. The quantitative estimate of drug-likeness (QED) is 0.692. The third kappa shape index (κ3) is 5.52. The van der Waals surface area contributed by atoms with Gasteiger partial charge in [-0.25, -0.2) is 18.3 Å². The van der Waals surface area contributed by atoms with Crippen molar-refractivity contribution in [3.63, 3.8) is 0 Å². The molecule has 0 aliphatic heterocycles. The van der Waals surface area contributed by atoms with E-state index in [1.807, 2.05) is 0 Å². The van der Waals surface area contributed by atoms with Crippen LogP contribution in [0.2, 0.25) is 5.02 Å². The lowest BCUT2D eigenvalue weighted by molar-refractivity contribution is 0.410. The van der Waals surface area contributed by atoms with Gasteiger partial charge in [0.25, 0.3) is 0 Å². The van der Waals surface area contributed by atoms with Crippen molar-refractivity contribution >= 4 is 38.7 Å². The normalized spacial score (nSPS) is 12.7. The van der Waals surface area contributed by atoms with E-state index in [-0.39, 0.29) is 16.3 Å². The number of nitrogens with one attached hydrogen (secondary N) is 1. The molecule has 0 saturated carbocycles. The first-order valence-electron chi connectivity index (χ1n) is 7.31. The maximum absolute atomic E-state index is 12.3.